The van der Waals surface area contributed by atoms with Gasteiger partial charge in [-0.05, 0) is 53.0 Å². The Balaban J connectivity index is 0.000000187. The first kappa shape index (κ1) is 33.9. The molecule has 6 aromatic rings. The number of fused-ring (bicyclic) bond motifs is 3. The van der Waals surface area contributed by atoms with E-state index in [0.717, 1.165) is 51.2 Å². The molecule has 239 valence electrons. The van der Waals surface area contributed by atoms with Crippen LogP contribution in [0.25, 0.3) is 44.6 Å². The third-order valence-corrected chi connectivity index (χ3v) is 10.9. The molecule has 0 atom stereocenters. The van der Waals surface area contributed by atoms with Crippen molar-refractivity contribution in [1.82, 2.24) is 15.0 Å². The number of hydrogen-bond acceptors (Lipinski definition) is 4. The molecule has 0 unspecified atom stereocenters. The van der Waals surface area contributed by atoms with Gasteiger partial charge in [0.1, 0.15) is 0 Å². The fraction of sp³-hybridized carbons (Fsp3) is 0.325. The summed E-state index contributed by atoms with van der Waals surface area (Å²) in [6.45, 7) is 11.7. The van der Waals surface area contributed by atoms with Crippen LogP contribution >= 0.6 is 0 Å². The van der Waals surface area contributed by atoms with Crippen molar-refractivity contribution in [2.75, 3.05) is 0 Å². The van der Waals surface area contributed by atoms with Crippen LogP contribution in [0.5, 0.6) is 0 Å². The van der Waals surface area contributed by atoms with Crippen LogP contribution in [0.2, 0.25) is 19.6 Å². The molecule has 0 spiro atoms. The van der Waals surface area contributed by atoms with Gasteiger partial charge in [-0.3, -0.25) is 0 Å². The van der Waals surface area contributed by atoms with E-state index < -0.39 is 8.07 Å². The molecule has 7 rings (SSSR count). The maximum atomic E-state index is 6.05. The molecule has 1 saturated carbocycles. The number of aromatic nitrogens is 3. The summed E-state index contributed by atoms with van der Waals surface area (Å²) in [5.41, 5.74) is 8.26. The third-order valence-electron chi connectivity index (χ3n) is 8.89. The molecule has 0 aliphatic heterocycles. The Bertz CT molecular complexity index is 1890. The van der Waals surface area contributed by atoms with Crippen LogP contribution in [0.1, 0.15) is 63.0 Å². The Labute approximate surface area is 288 Å². The molecular formula is C40H43IrN3OSi-2. The average Bonchev–Trinajstić information content (AvgIpc) is 3.44. The van der Waals surface area contributed by atoms with E-state index in [4.69, 9.17) is 4.42 Å². The Morgan fingerprint density at radius 1 is 0.826 bits per heavy atom. The van der Waals surface area contributed by atoms with E-state index in [-0.39, 0.29) is 20.1 Å². The molecule has 4 heterocycles. The maximum absolute atomic E-state index is 6.05. The normalized spacial score (nSPS) is 13.8. The second-order valence-corrected chi connectivity index (χ2v) is 18.7. The standard InChI is InChI=1S/C23H21N2O.C17H22NSi.Ir/c1-2-6-16(7-3-1)14-17-11-13-24-21(15-17)20-9-4-8-18-19-10-5-12-25-23(19)26-22(18)20;1-13(2)15-11-16(14-9-7-6-8-10-14)18-12-17(15)19(3,4)5;/h4-5,8,10-13,15-16H,1-3,6-7,14H2;6-9,11-13H,1-5H3;/q2*-1;. The van der Waals surface area contributed by atoms with Gasteiger partial charge in [0.15, 0.2) is 0 Å². The van der Waals surface area contributed by atoms with Crippen LogP contribution in [0, 0.1) is 18.1 Å². The van der Waals surface area contributed by atoms with Gasteiger partial charge in [-0.2, -0.15) is 0 Å². The zero-order valence-electron chi connectivity index (χ0n) is 27.6. The van der Waals surface area contributed by atoms with Crippen molar-refractivity contribution in [2.24, 2.45) is 5.92 Å². The van der Waals surface area contributed by atoms with E-state index >= 15 is 0 Å². The summed E-state index contributed by atoms with van der Waals surface area (Å²) in [6.07, 6.45) is 13.8. The molecule has 1 fully saturated rings. The Morgan fingerprint density at radius 3 is 2.39 bits per heavy atom. The molecule has 0 saturated heterocycles. The third kappa shape index (κ3) is 7.74. The molecule has 6 heteroatoms. The fourth-order valence-electron chi connectivity index (χ4n) is 6.50. The molecule has 4 aromatic heterocycles. The number of furan rings is 1. The van der Waals surface area contributed by atoms with Gasteiger partial charge in [0.05, 0.1) is 13.7 Å². The van der Waals surface area contributed by atoms with Crippen molar-refractivity contribution < 1.29 is 24.5 Å². The number of rotatable bonds is 6. The first-order valence-corrected chi connectivity index (χ1v) is 19.9. The molecular weight excluding hydrogens is 759 g/mol. The van der Waals surface area contributed by atoms with Gasteiger partial charge in [-0.1, -0.05) is 99.8 Å². The van der Waals surface area contributed by atoms with Crippen molar-refractivity contribution in [3.63, 3.8) is 0 Å². The smallest absolute Gasteiger partial charge is 0.216 e. The van der Waals surface area contributed by atoms with Gasteiger partial charge < -0.3 is 14.4 Å². The van der Waals surface area contributed by atoms with E-state index in [1.165, 1.54) is 48.4 Å². The van der Waals surface area contributed by atoms with Crippen molar-refractivity contribution in [1.29, 1.82) is 0 Å². The first-order chi connectivity index (χ1) is 21.8. The Hall–Kier alpha value is -3.44. The molecule has 2 aromatic carbocycles. The quantitative estimate of drug-likeness (QED) is 0.124. The summed E-state index contributed by atoms with van der Waals surface area (Å²) in [7, 11) is -1.34. The van der Waals surface area contributed by atoms with E-state index in [9.17, 15) is 0 Å². The zero-order chi connectivity index (χ0) is 31.4. The van der Waals surface area contributed by atoms with Crippen LogP contribution < -0.4 is 5.19 Å². The summed E-state index contributed by atoms with van der Waals surface area (Å²) in [6, 6.07) is 29.2. The topological polar surface area (TPSA) is 51.8 Å². The predicted molar refractivity (Wildman–Crippen MR) is 189 cm³/mol. The van der Waals surface area contributed by atoms with Gasteiger partial charge >= 0.3 is 0 Å². The van der Waals surface area contributed by atoms with Crippen molar-refractivity contribution in [3.8, 4) is 22.5 Å². The molecule has 1 aliphatic rings. The molecule has 4 nitrogen and oxygen atoms in total. The monoisotopic (exact) mass is 802 g/mol. The van der Waals surface area contributed by atoms with E-state index in [2.05, 4.69) is 91.0 Å². The second kappa shape index (κ2) is 15.0. The Morgan fingerprint density at radius 2 is 1.65 bits per heavy atom. The fourth-order valence-corrected chi connectivity index (χ4v) is 8.18. The van der Waals surface area contributed by atoms with Crippen LogP contribution in [0.4, 0.5) is 0 Å². The number of benzene rings is 2. The van der Waals surface area contributed by atoms with Crippen LogP contribution in [0.3, 0.4) is 0 Å². The van der Waals surface area contributed by atoms with Crippen molar-refractivity contribution in [2.45, 2.75) is 77.9 Å². The number of nitrogens with zero attached hydrogens (tertiary/aromatic N) is 3. The summed E-state index contributed by atoms with van der Waals surface area (Å²) in [5, 5.41) is 3.58. The van der Waals surface area contributed by atoms with Gasteiger partial charge in [-0.15, -0.1) is 54.1 Å². The van der Waals surface area contributed by atoms with Crippen LogP contribution in [-0.4, -0.2) is 23.0 Å². The minimum atomic E-state index is -1.34. The van der Waals surface area contributed by atoms with Gasteiger partial charge in [0.25, 0.3) is 0 Å². The van der Waals surface area contributed by atoms with Crippen molar-refractivity contribution >= 4 is 35.3 Å². The van der Waals surface area contributed by atoms with Crippen LogP contribution in [-0.2, 0) is 26.5 Å². The molecule has 0 bridgehead atoms. The van der Waals surface area contributed by atoms with E-state index in [1.807, 2.05) is 48.7 Å². The maximum Gasteiger partial charge on any atom is 0.216 e. The summed E-state index contributed by atoms with van der Waals surface area (Å²) in [4.78, 5) is 13.6. The van der Waals surface area contributed by atoms with Gasteiger partial charge in [-0.25, -0.2) is 4.98 Å². The van der Waals surface area contributed by atoms with Gasteiger partial charge in [0, 0.05) is 44.1 Å². The average molecular weight is 802 g/mol. The minimum Gasteiger partial charge on any atom is -0.486 e. The zero-order valence-corrected chi connectivity index (χ0v) is 31.0. The van der Waals surface area contributed by atoms with Gasteiger partial charge in [0.2, 0.25) is 5.71 Å². The number of pyridine rings is 3. The van der Waals surface area contributed by atoms with Crippen molar-refractivity contribution in [3.05, 3.63) is 109 Å². The Kier molecular flexibility index (Phi) is 11.0. The molecule has 0 N–H and O–H groups in total. The molecule has 1 aliphatic carbocycles. The SMILES string of the molecule is CC(C)c1cc(-c2[c-]cccc2)ncc1[Si](C)(C)C.[Ir].[c-]1ccc2c(oc3ncccc32)c1-c1cc(CC2CCCCC2)ccn1. The molecule has 0 amide bonds. The molecule has 1 radical (unpaired) electrons. The minimum absolute atomic E-state index is 0. The second-order valence-electron chi connectivity index (χ2n) is 13.6. The molecule has 46 heavy (non-hydrogen) atoms. The first-order valence-electron chi connectivity index (χ1n) is 16.4. The predicted octanol–water partition coefficient (Wildman–Crippen LogP) is 10.2. The number of hydrogen-bond donors (Lipinski definition) is 0. The largest absolute Gasteiger partial charge is 0.486 e. The van der Waals surface area contributed by atoms with Crippen LogP contribution in [0.15, 0.2) is 89.7 Å². The van der Waals surface area contributed by atoms with E-state index in [0.29, 0.717) is 11.6 Å². The summed E-state index contributed by atoms with van der Waals surface area (Å²) in [5.74, 6) is 1.35. The summed E-state index contributed by atoms with van der Waals surface area (Å²) >= 11 is 0. The summed E-state index contributed by atoms with van der Waals surface area (Å²) < 4.78 is 6.05. The van der Waals surface area contributed by atoms with E-state index in [1.54, 1.807) is 6.20 Å².